The maximum atomic E-state index is 13.4. The predicted molar refractivity (Wildman–Crippen MR) is 166 cm³/mol. The molecule has 0 aliphatic carbocycles. The van der Waals surface area contributed by atoms with Crippen LogP contribution in [-0.4, -0.2) is 62.1 Å². The highest BCUT2D eigenvalue weighted by Crippen LogP contribution is 2.30. The van der Waals surface area contributed by atoms with Crippen molar-refractivity contribution in [2.45, 2.75) is 24.5 Å². The molecule has 0 bridgehead atoms. The highest BCUT2D eigenvalue weighted by Gasteiger charge is 2.16. The number of hydrogen-bond donors (Lipinski definition) is 2. The van der Waals surface area contributed by atoms with Gasteiger partial charge in [-0.25, -0.2) is 4.98 Å². The summed E-state index contributed by atoms with van der Waals surface area (Å²) in [5.41, 5.74) is 1.71. The van der Waals surface area contributed by atoms with Crippen molar-refractivity contribution in [2.24, 2.45) is 0 Å². The normalized spacial score (nSPS) is 10.7. The van der Waals surface area contributed by atoms with Crippen molar-refractivity contribution in [1.29, 1.82) is 0 Å². The first-order valence-electron chi connectivity index (χ1n) is 13.5. The summed E-state index contributed by atoms with van der Waals surface area (Å²) in [7, 11) is 6.20. The fourth-order valence-corrected chi connectivity index (χ4v) is 5.18. The smallest absolute Gasteiger partial charge is 0.262 e. The van der Waals surface area contributed by atoms with E-state index in [1.807, 2.05) is 18.2 Å². The van der Waals surface area contributed by atoms with Crippen LogP contribution in [0.25, 0.3) is 10.9 Å². The maximum Gasteiger partial charge on any atom is 0.262 e. The van der Waals surface area contributed by atoms with E-state index in [4.69, 9.17) is 18.9 Å². The zero-order valence-corrected chi connectivity index (χ0v) is 25.3. The molecular formula is C31H34N4O7S. The van der Waals surface area contributed by atoms with Crippen LogP contribution in [0.15, 0.2) is 70.6 Å². The minimum Gasteiger partial charge on any atom is -0.497 e. The predicted octanol–water partition coefficient (Wildman–Crippen LogP) is 3.91. The Morgan fingerprint density at radius 1 is 0.860 bits per heavy atom. The van der Waals surface area contributed by atoms with E-state index in [0.717, 1.165) is 17.3 Å². The average molecular weight is 607 g/mol. The molecule has 43 heavy (non-hydrogen) atoms. The number of carbonyl (C=O) groups excluding carboxylic acids is 2. The molecular weight excluding hydrogens is 572 g/mol. The van der Waals surface area contributed by atoms with Crippen LogP contribution >= 0.6 is 11.8 Å². The van der Waals surface area contributed by atoms with Crippen LogP contribution < -0.4 is 35.1 Å². The standard InChI is InChI=1S/C31H34N4O7S/c1-39-21-10-11-24(26(18-21)41-3)33-29(37)19-43-31-34-23-8-6-5-7-22(23)30(38)35(31)16-14-28(36)32-15-13-20-9-12-25(40-2)27(17-20)42-4/h5-12,17-18H,13-16,19H2,1-4H3,(H,32,36)(H,33,37). The lowest BCUT2D eigenvalue weighted by Gasteiger charge is -2.14. The molecule has 0 atom stereocenters. The van der Waals surface area contributed by atoms with Gasteiger partial charge in [-0.1, -0.05) is 30.0 Å². The molecule has 0 aliphatic rings. The Kier molecular flexibility index (Phi) is 10.9. The van der Waals surface area contributed by atoms with Crippen LogP contribution in [0.5, 0.6) is 23.0 Å². The van der Waals surface area contributed by atoms with E-state index >= 15 is 0 Å². The van der Waals surface area contributed by atoms with Gasteiger partial charge in [0.15, 0.2) is 16.7 Å². The minimum absolute atomic E-state index is 0.0164. The number of nitrogens with one attached hydrogen (secondary N) is 2. The fourth-order valence-electron chi connectivity index (χ4n) is 4.36. The number of para-hydroxylation sites is 1. The van der Waals surface area contributed by atoms with Crippen LogP contribution in [0.1, 0.15) is 12.0 Å². The lowest BCUT2D eigenvalue weighted by molar-refractivity contribution is -0.121. The number of carbonyl (C=O) groups is 2. The molecule has 4 aromatic rings. The van der Waals surface area contributed by atoms with Gasteiger partial charge in [0.25, 0.3) is 5.56 Å². The number of rotatable bonds is 14. The molecule has 4 rings (SSSR count). The fraction of sp³-hybridized carbons (Fsp3) is 0.290. The molecule has 1 aromatic heterocycles. The number of hydrogen-bond acceptors (Lipinski definition) is 9. The summed E-state index contributed by atoms with van der Waals surface area (Å²) >= 11 is 1.12. The lowest BCUT2D eigenvalue weighted by atomic mass is 10.1. The third kappa shape index (κ3) is 7.98. The van der Waals surface area contributed by atoms with Crippen molar-refractivity contribution < 1.29 is 28.5 Å². The van der Waals surface area contributed by atoms with Crippen LogP contribution in [0.3, 0.4) is 0 Å². The van der Waals surface area contributed by atoms with Crippen molar-refractivity contribution >= 4 is 40.2 Å². The molecule has 12 heteroatoms. The van der Waals surface area contributed by atoms with Crippen molar-refractivity contribution in [2.75, 3.05) is 46.1 Å². The Morgan fingerprint density at radius 2 is 1.63 bits per heavy atom. The molecule has 0 saturated heterocycles. The summed E-state index contributed by atoms with van der Waals surface area (Å²) in [5.74, 6) is 1.77. The quantitative estimate of drug-likeness (QED) is 0.162. The molecule has 0 saturated carbocycles. The molecule has 0 unspecified atom stereocenters. The molecule has 0 aliphatic heterocycles. The third-order valence-corrected chi connectivity index (χ3v) is 7.56. The number of amides is 2. The van der Waals surface area contributed by atoms with Crippen LogP contribution in [0.4, 0.5) is 5.69 Å². The van der Waals surface area contributed by atoms with Gasteiger partial charge in [-0.15, -0.1) is 0 Å². The van der Waals surface area contributed by atoms with Crippen LogP contribution in [0, 0.1) is 0 Å². The SMILES string of the molecule is COc1ccc(NC(=O)CSc2nc3ccccc3c(=O)n2CCC(=O)NCCc2ccc(OC)c(OC)c2)c(OC)c1. The van der Waals surface area contributed by atoms with Gasteiger partial charge in [0.1, 0.15) is 11.5 Å². The Hall–Kier alpha value is -4.71. The van der Waals surface area contributed by atoms with Gasteiger partial charge in [-0.3, -0.25) is 19.0 Å². The highest BCUT2D eigenvalue weighted by molar-refractivity contribution is 7.99. The molecule has 1 heterocycles. The molecule has 0 fully saturated rings. The molecule has 0 radical (unpaired) electrons. The molecule has 2 N–H and O–H groups in total. The minimum atomic E-state index is -0.310. The summed E-state index contributed by atoms with van der Waals surface area (Å²) in [6, 6.07) is 17.7. The lowest BCUT2D eigenvalue weighted by Crippen LogP contribution is -2.30. The van der Waals surface area contributed by atoms with E-state index in [9.17, 15) is 14.4 Å². The van der Waals surface area contributed by atoms with Gasteiger partial charge in [0, 0.05) is 25.6 Å². The van der Waals surface area contributed by atoms with Gasteiger partial charge in [-0.05, 0) is 48.4 Å². The topological polar surface area (TPSA) is 130 Å². The molecule has 2 amide bonds. The largest absolute Gasteiger partial charge is 0.497 e. The number of benzene rings is 3. The van der Waals surface area contributed by atoms with Gasteiger partial charge in [0.05, 0.1) is 50.8 Å². The maximum absolute atomic E-state index is 13.4. The Balaban J connectivity index is 1.41. The second-order valence-corrected chi connectivity index (χ2v) is 10.3. The van der Waals surface area contributed by atoms with Gasteiger partial charge in [0.2, 0.25) is 11.8 Å². The van der Waals surface area contributed by atoms with Crippen molar-refractivity contribution in [3.05, 3.63) is 76.6 Å². The summed E-state index contributed by atoms with van der Waals surface area (Å²) in [4.78, 5) is 43.6. The number of anilines is 1. The summed E-state index contributed by atoms with van der Waals surface area (Å²) in [5, 5.41) is 6.51. The van der Waals surface area contributed by atoms with Gasteiger partial charge in [-0.2, -0.15) is 0 Å². The molecule has 0 spiro atoms. The second-order valence-electron chi connectivity index (χ2n) is 9.31. The summed E-state index contributed by atoms with van der Waals surface area (Å²) in [6.45, 7) is 0.519. The van der Waals surface area contributed by atoms with E-state index in [1.54, 1.807) is 63.8 Å². The van der Waals surface area contributed by atoms with E-state index < -0.39 is 0 Å². The Labute approximate surface area is 253 Å². The Bertz CT molecular complexity index is 1660. The average Bonchev–Trinajstić information content (AvgIpc) is 3.03. The first-order valence-corrected chi connectivity index (χ1v) is 14.5. The van der Waals surface area contributed by atoms with Crippen LogP contribution in [0.2, 0.25) is 0 Å². The first-order chi connectivity index (χ1) is 20.9. The number of fused-ring (bicyclic) bond motifs is 1. The van der Waals surface area contributed by atoms with Crippen molar-refractivity contribution in [1.82, 2.24) is 14.9 Å². The number of aromatic nitrogens is 2. The monoisotopic (exact) mass is 606 g/mol. The van der Waals surface area contributed by atoms with E-state index in [0.29, 0.717) is 57.7 Å². The zero-order valence-electron chi connectivity index (χ0n) is 24.5. The number of ether oxygens (including phenoxy) is 4. The molecule has 226 valence electrons. The Morgan fingerprint density at radius 3 is 2.37 bits per heavy atom. The van der Waals surface area contributed by atoms with E-state index in [-0.39, 0.29) is 36.1 Å². The van der Waals surface area contributed by atoms with Gasteiger partial charge < -0.3 is 29.6 Å². The third-order valence-electron chi connectivity index (χ3n) is 6.59. The van der Waals surface area contributed by atoms with Crippen LogP contribution in [-0.2, 0) is 22.6 Å². The van der Waals surface area contributed by atoms with Gasteiger partial charge >= 0.3 is 0 Å². The number of thioether (sulfide) groups is 1. The number of methoxy groups -OCH3 is 4. The van der Waals surface area contributed by atoms with Crippen molar-refractivity contribution in [3.8, 4) is 23.0 Å². The van der Waals surface area contributed by atoms with Crippen molar-refractivity contribution in [3.63, 3.8) is 0 Å². The zero-order chi connectivity index (χ0) is 30.8. The molecule has 3 aromatic carbocycles. The summed E-state index contributed by atoms with van der Waals surface area (Å²) < 4.78 is 22.6. The van der Waals surface area contributed by atoms with E-state index in [1.165, 1.54) is 11.7 Å². The highest BCUT2D eigenvalue weighted by atomic mass is 32.2. The molecule has 11 nitrogen and oxygen atoms in total. The number of nitrogens with zero attached hydrogens (tertiary/aromatic N) is 2. The summed E-state index contributed by atoms with van der Waals surface area (Å²) in [6.07, 6.45) is 0.660. The van der Waals surface area contributed by atoms with E-state index in [2.05, 4.69) is 15.6 Å². The second kappa shape index (κ2) is 15.0. The first kappa shape index (κ1) is 31.2.